The highest BCUT2D eigenvalue weighted by atomic mass is 15.0. The number of hydrogen-bond acceptors (Lipinski definition) is 2. The van der Waals surface area contributed by atoms with Gasteiger partial charge < -0.3 is 0 Å². The van der Waals surface area contributed by atoms with Crippen LogP contribution in [-0.2, 0) is 6.42 Å². The molecule has 0 spiro atoms. The first-order chi connectivity index (χ1) is 15.3. The average molecular weight is 424 g/mol. The Labute approximate surface area is 193 Å². The zero-order chi connectivity index (χ0) is 22.0. The number of aliphatic imine (C=N–C) groups is 2. The van der Waals surface area contributed by atoms with Crippen LogP contribution >= 0.6 is 0 Å². The van der Waals surface area contributed by atoms with E-state index in [-0.39, 0.29) is 0 Å². The van der Waals surface area contributed by atoms with Gasteiger partial charge in [0.05, 0.1) is 5.92 Å². The van der Waals surface area contributed by atoms with Gasteiger partial charge in [0.25, 0.3) is 0 Å². The van der Waals surface area contributed by atoms with Crippen LogP contribution in [0.15, 0.2) is 40.3 Å². The van der Waals surface area contributed by atoms with Crippen molar-refractivity contribution in [2.75, 3.05) is 0 Å². The van der Waals surface area contributed by atoms with Gasteiger partial charge in [-0.2, -0.15) is 0 Å². The van der Waals surface area contributed by atoms with E-state index in [1.165, 1.54) is 102 Å². The molecule has 0 radical (unpaired) electrons. The molecule has 0 bridgehead atoms. The molecule has 172 valence electrons. The fourth-order valence-corrected chi connectivity index (χ4v) is 4.88. The molecule has 1 aromatic carbocycles. The van der Waals surface area contributed by atoms with E-state index in [4.69, 9.17) is 0 Å². The molecule has 0 aromatic heterocycles. The fourth-order valence-electron chi connectivity index (χ4n) is 4.88. The summed E-state index contributed by atoms with van der Waals surface area (Å²) in [6.45, 7) is 4.60. The van der Waals surface area contributed by atoms with Gasteiger partial charge in [-0.1, -0.05) is 138 Å². The van der Waals surface area contributed by atoms with Gasteiger partial charge in [0.2, 0.25) is 6.17 Å². The van der Waals surface area contributed by atoms with Crippen molar-refractivity contribution >= 4 is 12.4 Å². The van der Waals surface area contributed by atoms with Crippen LogP contribution in [-0.4, -0.2) is 12.4 Å². The normalized spacial score (nSPS) is 15.0. The van der Waals surface area contributed by atoms with Crippen LogP contribution in [0.5, 0.6) is 0 Å². The van der Waals surface area contributed by atoms with E-state index in [0.29, 0.717) is 11.8 Å². The second kappa shape index (κ2) is 17.0. The molecular weight excluding hydrogens is 376 g/mol. The predicted molar refractivity (Wildman–Crippen MR) is 138 cm³/mol. The lowest BCUT2D eigenvalue weighted by molar-refractivity contribution is 0.286. The Balaban J connectivity index is 1.75. The molecule has 1 heterocycles. The van der Waals surface area contributed by atoms with Crippen LogP contribution in [0.4, 0.5) is 0 Å². The highest BCUT2D eigenvalue weighted by Crippen LogP contribution is 2.36. The topological polar surface area (TPSA) is 24.7 Å². The van der Waals surface area contributed by atoms with Gasteiger partial charge in [0, 0.05) is 0 Å². The summed E-state index contributed by atoms with van der Waals surface area (Å²) >= 11 is 0. The molecule has 1 aromatic rings. The predicted octanol–water partition coefficient (Wildman–Crippen LogP) is 9.00. The summed E-state index contributed by atoms with van der Waals surface area (Å²) in [4.78, 5) is 9.29. The van der Waals surface area contributed by atoms with E-state index in [9.17, 15) is 0 Å². The van der Waals surface area contributed by atoms with Crippen LogP contribution in [0, 0.1) is 18.0 Å². The van der Waals surface area contributed by atoms with Crippen molar-refractivity contribution in [1.82, 2.24) is 0 Å². The van der Waals surface area contributed by atoms with Gasteiger partial charge in [0.15, 0.2) is 12.4 Å². The molecular formula is C29H47N2+. The maximum atomic E-state index is 4.65. The maximum absolute atomic E-state index is 4.65. The molecule has 0 fully saturated rings. The lowest BCUT2D eigenvalue weighted by atomic mass is 9.78. The van der Waals surface area contributed by atoms with E-state index < -0.39 is 0 Å². The van der Waals surface area contributed by atoms with Gasteiger partial charge in [-0.3, -0.25) is 0 Å². The average Bonchev–Trinajstić information content (AvgIpc) is 3.33. The molecule has 2 nitrogen and oxygen atoms in total. The lowest BCUT2D eigenvalue weighted by Gasteiger charge is -2.26. The summed E-state index contributed by atoms with van der Waals surface area (Å²) in [7, 11) is 0. The second-order valence-corrected chi connectivity index (χ2v) is 9.44. The molecule has 1 aliphatic rings. The summed E-state index contributed by atoms with van der Waals surface area (Å²) < 4.78 is 0. The molecule has 2 heteroatoms. The summed E-state index contributed by atoms with van der Waals surface area (Å²) in [6.07, 6.45) is 26.5. The van der Waals surface area contributed by atoms with Crippen molar-refractivity contribution in [2.45, 2.75) is 117 Å². The van der Waals surface area contributed by atoms with Gasteiger partial charge >= 0.3 is 0 Å². The Hall–Kier alpha value is -1.57. The largest absolute Gasteiger partial charge is 0.244 e. The standard InChI is InChI=1S/C29H47N2/c1-3-5-7-8-9-10-11-12-13-14-18-22-28(29-30-23-24-31-29)27(21-6-4-2)25-26-19-16-15-17-20-26/h15-17,19-20,23-24,27-28H,3-14,18,21-22,25H2,1-2H3/q+1. The Morgan fingerprint density at radius 2 is 1.19 bits per heavy atom. The van der Waals surface area contributed by atoms with Crippen molar-refractivity contribution in [3.63, 3.8) is 0 Å². The van der Waals surface area contributed by atoms with E-state index >= 15 is 0 Å². The Morgan fingerprint density at radius 3 is 1.77 bits per heavy atom. The first kappa shape index (κ1) is 25.7. The highest BCUT2D eigenvalue weighted by molar-refractivity contribution is 6.18. The summed E-state index contributed by atoms with van der Waals surface area (Å²) in [5.41, 5.74) is 1.46. The zero-order valence-electron chi connectivity index (χ0n) is 20.4. The number of rotatable bonds is 19. The molecule has 0 N–H and O–H groups in total. The number of nitrogens with zero attached hydrogens (tertiary/aromatic N) is 2. The van der Waals surface area contributed by atoms with Crippen molar-refractivity contribution in [3.05, 3.63) is 42.1 Å². The van der Waals surface area contributed by atoms with Gasteiger partial charge in [-0.05, 0) is 30.7 Å². The molecule has 0 saturated carbocycles. The first-order valence-corrected chi connectivity index (χ1v) is 13.3. The van der Waals surface area contributed by atoms with Gasteiger partial charge in [-0.15, -0.1) is 0 Å². The number of benzene rings is 1. The third-order valence-electron chi connectivity index (χ3n) is 6.77. The van der Waals surface area contributed by atoms with E-state index in [1.807, 2.05) is 12.4 Å². The van der Waals surface area contributed by atoms with Crippen LogP contribution in [0.1, 0.15) is 116 Å². The van der Waals surface area contributed by atoms with Crippen molar-refractivity contribution in [2.24, 2.45) is 21.8 Å². The number of unbranched alkanes of at least 4 members (excludes halogenated alkanes) is 11. The van der Waals surface area contributed by atoms with E-state index in [1.54, 1.807) is 0 Å². The Bertz CT molecular complexity index is 580. The minimum atomic E-state index is 0.500. The van der Waals surface area contributed by atoms with Crippen molar-refractivity contribution in [1.29, 1.82) is 0 Å². The quantitative estimate of drug-likeness (QED) is 0.157. The molecule has 2 rings (SSSR count). The molecule has 31 heavy (non-hydrogen) atoms. The summed E-state index contributed by atoms with van der Waals surface area (Å²) in [5.74, 6) is 1.15. The maximum Gasteiger partial charge on any atom is 0.244 e. The minimum Gasteiger partial charge on any atom is -0.0965 e. The fraction of sp³-hybridized carbons (Fsp3) is 0.690. The highest BCUT2D eigenvalue weighted by Gasteiger charge is 2.35. The van der Waals surface area contributed by atoms with Crippen LogP contribution < -0.4 is 0 Å². The first-order valence-electron chi connectivity index (χ1n) is 13.3. The third-order valence-corrected chi connectivity index (χ3v) is 6.77. The third kappa shape index (κ3) is 11.0. The second-order valence-electron chi connectivity index (χ2n) is 9.44. The molecule has 0 amide bonds. The molecule has 2 unspecified atom stereocenters. The summed E-state index contributed by atoms with van der Waals surface area (Å²) in [6, 6.07) is 11.0. The van der Waals surface area contributed by atoms with Gasteiger partial charge in [0.1, 0.15) is 0 Å². The van der Waals surface area contributed by atoms with Crippen LogP contribution in [0.25, 0.3) is 0 Å². The molecule has 0 saturated heterocycles. The minimum absolute atomic E-state index is 0.500. The van der Waals surface area contributed by atoms with Crippen LogP contribution in [0.2, 0.25) is 0 Å². The molecule has 1 aliphatic heterocycles. The molecule has 2 atom stereocenters. The lowest BCUT2D eigenvalue weighted by Crippen LogP contribution is -2.22. The van der Waals surface area contributed by atoms with Crippen molar-refractivity contribution in [3.8, 4) is 0 Å². The van der Waals surface area contributed by atoms with E-state index in [2.05, 4.69) is 54.2 Å². The van der Waals surface area contributed by atoms with Gasteiger partial charge in [-0.25, -0.2) is 0 Å². The van der Waals surface area contributed by atoms with Crippen molar-refractivity contribution < 1.29 is 0 Å². The summed E-state index contributed by atoms with van der Waals surface area (Å²) in [5, 5.41) is 0. The Kier molecular flexibility index (Phi) is 14.1. The zero-order valence-corrected chi connectivity index (χ0v) is 20.4. The Morgan fingerprint density at radius 1 is 0.645 bits per heavy atom. The number of hydrogen-bond donors (Lipinski definition) is 0. The van der Waals surface area contributed by atoms with E-state index in [0.717, 1.165) is 12.6 Å². The van der Waals surface area contributed by atoms with Crippen LogP contribution in [0.3, 0.4) is 0 Å². The smallest absolute Gasteiger partial charge is 0.0965 e. The monoisotopic (exact) mass is 423 g/mol. The molecule has 0 aliphatic carbocycles. The SMILES string of the molecule is CCCCCCCCCCCCCC([C+]1N=CC=N1)C(CCCC)Cc1ccccc1.